The van der Waals surface area contributed by atoms with Gasteiger partial charge in [0.1, 0.15) is 0 Å². The Balaban J connectivity index is 2.35. The smallest absolute Gasteiger partial charge is 0.194 e. The van der Waals surface area contributed by atoms with E-state index in [2.05, 4.69) is 6.92 Å². The van der Waals surface area contributed by atoms with E-state index in [9.17, 15) is 4.79 Å². The third-order valence-electron chi connectivity index (χ3n) is 2.80. The van der Waals surface area contributed by atoms with E-state index in [1.54, 1.807) is 18.2 Å². The molecule has 0 saturated heterocycles. The second kappa shape index (κ2) is 5.55. The van der Waals surface area contributed by atoms with Gasteiger partial charge in [0, 0.05) is 16.1 Å². The first-order valence-electron chi connectivity index (χ1n) is 5.70. The zero-order chi connectivity index (χ0) is 13.1. The van der Waals surface area contributed by atoms with Crippen LogP contribution in [-0.4, -0.2) is 5.78 Å². The molecule has 0 atom stereocenters. The molecule has 92 valence electrons. The van der Waals surface area contributed by atoms with Gasteiger partial charge in [0.05, 0.1) is 5.02 Å². The van der Waals surface area contributed by atoms with Crippen LogP contribution >= 0.6 is 23.2 Å². The number of benzene rings is 2. The molecule has 1 nitrogen and oxygen atoms in total. The number of rotatable bonds is 3. The van der Waals surface area contributed by atoms with Gasteiger partial charge in [-0.05, 0) is 30.2 Å². The average molecular weight is 279 g/mol. The third-order valence-corrected chi connectivity index (χ3v) is 3.35. The Bertz CT molecular complexity index is 574. The fraction of sp³-hybridized carbons (Fsp3) is 0.133. The lowest BCUT2D eigenvalue weighted by atomic mass is 10.0. The molecule has 0 aliphatic heterocycles. The van der Waals surface area contributed by atoms with E-state index >= 15 is 0 Å². The summed E-state index contributed by atoms with van der Waals surface area (Å²) in [4.78, 5) is 12.3. The van der Waals surface area contributed by atoms with Gasteiger partial charge in [-0.1, -0.05) is 54.4 Å². The molecule has 0 aromatic heterocycles. The van der Waals surface area contributed by atoms with Crippen molar-refractivity contribution < 1.29 is 4.79 Å². The minimum atomic E-state index is -0.0840. The highest BCUT2D eigenvalue weighted by atomic mass is 35.5. The molecule has 0 spiro atoms. The van der Waals surface area contributed by atoms with Crippen LogP contribution in [0.4, 0.5) is 0 Å². The molecule has 0 aliphatic carbocycles. The van der Waals surface area contributed by atoms with Crippen LogP contribution < -0.4 is 0 Å². The lowest BCUT2D eigenvalue weighted by Gasteiger charge is -2.05. The van der Waals surface area contributed by atoms with Gasteiger partial charge in [-0.25, -0.2) is 0 Å². The van der Waals surface area contributed by atoms with Gasteiger partial charge in [0.2, 0.25) is 0 Å². The van der Waals surface area contributed by atoms with Crippen molar-refractivity contribution in [3.8, 4) is 0 Å². The zero-order valence-electron chi connectivity index (χ0n) is 9.91. The summed E-state index contributed by atoms with van der Waals surface area (Å²) in [6.07, 6.45) is 0.955. The molecule has 0 N–H and O–H groups in total. The highest BCUT2D eigenvalue weighted by Gasteiger charge is 2.12. The quantitative estimate of drug-likeness (QED) is 0.738. The monoisotopic (exact) mass is 278 g/mol. The number of ketones is 1. The number of hydrogen-bond acceptors (Lipinski definition) is 1. The van der Waals surface area contributed by atoms with Gasteiger partial charge >= 0.3 is 0 Å². The van der Waals surface area contributed by atoms with E-state index in [-0.39, 0.29) is 5.78 Å². The molecule has 0 saturated carbocycles. The summed E-state index contributed by atoms with van der Waals surface area (Å²) in [6.45, 7) is 2.08. The molecular formula is C15H12Cl2O. The van der Waals surface area contributed by atoms with Crippen LogP contribution in [0.2, 0.25) is 10.0 Å². The van der Waals surface area contributed by atoms with Crippen LogP contribution in [0.3, 0.4) is 0 Å². The van der Waals surface area contributed by atoms with Gasteiger partial charge in [-0.2, -0.15) is 0 Å². The summed E-state index contributed by atoms with van der Waals surface area (Å²) in [6, 6.07) is 12.5. The summed E-state index contributed by atoms with van der Waals surface area (Å²) in [5.41, 5.74) is 2.32. The van der Waals surface area contributed by atoms with E-state index in [1.165, 1.54) is 5.56 Å². The zero-order valence-corrected chi connectivity index (χ0v) is 11.4. The standard InChI is InChI=1S/C15H12Cl2O/c1-2-10-3-5-11(6-4-10)15(18)13-8-7-12(16)9-14(13)17/h3-9H,2H2,1H3. The van der Waals surface area contributed by atoms with Crippen molar-refractivity contribution in [2.45, 2.75) is 13.3 Å². The van der Waals surface area contributed by atoms with Crippen molar-refractivity contribution in [1.29, 1.82) is 0 Å². The molecule has 2 rings (SSSR count). The number of carbonyl (C=O) groups is 1. The molecule has 0 radical (unpaired) electrons. The second-order valence-corrected chi connectivity index (χ2v) is 4.85. The second-order valence-electron chi connectivity index (χ2n) is 4.00. The molecule has 0 amide bonds. The highest BCUT2D eigenvalue weighted by molar-refractivity contribution is 6.37. The third kappa shape index (κ3) is 2.74. The molecule has 0 heterocycles. The fourth-order valence-electron chi connectivity index (χ4n) is 1.72. The molecule has 2 aromatic rings. The van der Waals surface area contributed by atoms with Gasteiger partial charge in [-0.3, -0.25) is 4.79 Å². The van der Waals surface area contributed by atoms with E-state index in [1.807, 2.05) is 24.3 Å². The Morgan fingerprint density at radius 3 is 2.28 bits per heavy atom. The Morgan fingerprint density at radius 1 is 1.06 bits per heavy atom. The maximum absolute atomic E-state index is 12.3. The van der Waals surface area contributed by atoms with E-state index in [0.717, 1.165) is 6.42 Å². The number of aryl methyl sites for hydroxylation is 1. The number of hydrogen-bond donors (Lipinski definition) is 0. The van der Waals surface area contributed by atoms with Gasteiger partial charge in [0.25, 0.3) is 0 Å². The van der Waals surface area contributed by atoms with Crippen molar-refractivity contribution >= 4 is 29.0 Å². The van der Waals surface area contributed by atoms with Crippen LogP contribution in [0.25, 0.3) is 0 Å². The van der Waals surface area contributed by atoms with Crippen molar-refractivity contribution in [3.05, 3.63) is 69.2 Å². The minimum Gasteiger partial charge on any atom is -0.289 e. The Morgan fingerprint density at radius 2 is 1.72 bits per heavy atom. The van der Waals surface area contributed by atoms with Gasteiger partial charge < -0.3 is 0 Å². The van der Waals surface area contributed by atoms with Crippen molar-refractivity contribution in [2.24, 2.45) is 0 Å². The van der Waals surface area contributed by atoms with Gasteiger partial charge in [0.15, 0.2) is 5.78 Å². The molecule has 0 aliphatic rings. The Hall–Kier alpha value is -1.31. The summed E-state index contributed by atoms with van der Waals surface area (Å²) in [5.74, 6) is -0.0840. The molecule has 0 bridgehead atoms. The predicted octanol–water partition coefficient (Wildman–Crippen LogP) is 4.79. The topological polar surface area (TPSA) is 17.1 Å². The van der Waals surface area contributed by atoms with E-state index in [0.29, 0.717) is 21.2 Å². The first kappa shape index (κ1) is 13.1. The van der Waals surface area contributed by atoms with Crippen molar-refractivity contribution in [1.82, 2.24) is 0 Å². The van der Waals surface area contributed by atoms with Gasteiger partial charge in [-0.15, -0.1) is 0 Å². The summed E-state index contributed by atoms with van der Waals surface area (Å²) < 4.78 is 0. The summed E-state index contributed by atoms with van der Waals surface area (Å²) in [5, 5.41) is 0.907. The molecule has 0 unspecified atom stereocenters. The number of carbonyl (C=O) groups excluding carboxylic acids is 1. The van der Waals surface area contributed by atoms with Crippen LogP contribution in [-0.2, 0) is 6.42 Å². The molecular weight excluding hydrogens is 267 g/mol. The Labute approximate surface area is 116 Å². The molecule has 3 heteroatoms. The van der Waals surface area contributed by atoms with E-state index < -0.39 is 0 Å². The fourth-order valence-corrected chi connectivity index (χ4v) is 2.22. The number of halogens is 2. The normalized spacial score (nSPS) is 10.4. The Kier molecular flexibility index (Phi) is 4.05. The van der Waals surface area contributed by atoms with E-state index in [4.69, 9.17) is 23.2 Å². The molecule has 2 aromatic carbocycles. The first-order valence-corrected chi connectivity index (χ1v) is 6.46. The average Bonchev–Trinajstić information content (AvgIpc) is 2.38. The van der Waals surface area contributed by atoms with Crippen LogP contribution in [0, 0.1) is 0 Å². The van der Waals surface area contributed by atoms with Crippen molar-refractivity contribution in [2.75, 3.05) is 0 Å². The van der Waals surface area contributed by atoms with Crippen LogP contribution in [0.15, 0.2) is 42.5 Å². The van der Waals surface area contributed by atoms with Crippen LogP contribution in [0.1, 0.15) is 28.4 Å². The lowest BCUT2D eigenvalue weighted by molar-refractivity contribution is 0.103. The molecule has 0 fully saturated rings. The largest absolute Gasteiger partial charge is 0.289 e. The maximum atomic E-state index is 12.3. The van der Waals surface area contributed by atoms with Crippen LogP contribution in [0.5, 0.6) is 0 Å². The van der Waals surface area contributed by atoms with Crippen molar-refractivity contribution in [3.63, 3.8) is 0 Å². The molecule has 18 heavy (non-hydrogen) atoms. The predicted molar refractivity (Wildman–Crippen MR) is 75.7 cm³/mol. The highest BCUT2D eigenvalue weighted by Crippen LogP contribution is 2.23. The maximum Gasteiger partial charge on any atom is 0.194 e. The minimum absolute atomic E-state index is 0.0840. The first-order chi connectivity index (χ1) is 8.61. The SMILES string of the molecule is CCc1ccc(C(=O)c2ccc(Cl)cc2Cl)cc1. The summed E-state index contributed by atoms with van der Waals surface area (Å²) >= 11 is 11.8. The summed E-state index contributed by atoms with van der Waals surface area (Å²) in [7, 11) is 0. The lowest BCUT2D eigenvalue weighted by Crippen LogP contribution is -2.02.